The van der Waals surface area contributed by atoms with Gasteiger partial charge in [0.1, 0.15) is 5.56 Å². The molecule has 0 amide bonds. The van der Waals surface area contributed by atoms with E-state index in [1.807, 2.05) is 0 Å². The predicted molar refractivity (Wildman–Crippen MR) is 52.7 cm³/mol. The maximum atomic E-state index is 10.6. The first kappa shape index (κ1) is 14.4. The summed E-state index contributed by atoms with van der Waals surface area (Å²) in [6, 6.07) is 5.06. The van der Waals surface area contributed by atoms with Crippen molar-refractivity contribution in [2.24, 2.45) is 0 Å². The molecular formula is C7H7NaO6S. The average molecular weight is 242 g/mol. The molecular weight excluding hydrogens is 235 g/mol. The molecule has 0 aliphatic heterocycles. The van der Waals surface area contributed by atoms with Gasteiger partial charge in [-0.1, -0.05) is 12.1 Å². The molecule has 1 aromatic rings. The second kappa shape index (κ2) is 5.47. The number of benzene rings is 1. The van der Waals surface area contributed by atoms with Gasteiger partial charge in [-0.25, -0.2) is 4.79 Å². The standard InChI is InChI=1S/C7H6O6S.Na.H/c8-7(9)5-3-1-2-4-6(5)13-14(10,11)12;;/h1-4H,(H,8,9)(H,10,11,12);;. The third-order valence-electron chi connectivity index (χ3n) is 1.31. The summed E-state index contributed by atoms with van der Waals surface area (Å²) in [5.74, 6) is -1.77. The van der Waals surface area contributed by atoms with Gasteiger partial charge < -0.3 is 9.29 Å². The van der Waals surface area contributed by atoms with E-state index in [4.69, 9.17) is 9.66 Å². The summed E-state index contributed by atoms with van der Waals surface area (Å²) in [5, 5.41) is 8.61. The van der Waals surface area contributed by atoms with E-state index in [1.54, 1.807) is 0 Å². The van der Waals surface area contributed by atoms with Gasteiger partial charge in [-0.3, -0.25) is 4.55 Å². The Bertz CT molecular complexity index is 454. The molecule has 0 heterocycles. The Morgan fingerprint density at radius 2 is 1.80 bits per heavy atom. The number of hydrogen-bond acceptors (Lipinski definition) is 4. The van der Waals surface area contributed by atoms with Crippen LogP contribution in [0.2, 0.25) is 0 Å². The van der Waals surface area contributed by atoms with E-state index >= 15 is 0 Å². The van der Waals surface area contributed by atoms with Crippen molar-refractivity contribution in [2.45, 2.75) is 0 Å². The molecule has 1 rings (SSSR count). The number of hydrogen-bond donors (Lipinski definition) is 2. The number of para-hydroxylation sites is 1. The van der Waals surface area contributed by atoms with Crippen LogP contribution < -0.4 is 4.18 Å². The minimum absolute atomic E-state index is 0. The minimum atomic E-state index is -4.70. The molecule has 1 aromatic carbocycles. The summed E-state index contributed by atoms with van der Waals surface area (Å²) in [7, 11) is -4.70. The fourth-order valence-electron chi connectivity index (χ4n) is 0.829. The van der Waals surface area contributed by atoms with Crippen LogP contribution in [0.5, 0.6) is 5.75 Å². The third-order valence-corrected chi connectivity index (χ3v) is 1.70. The van der Waals surface area contributed by atoms with Gasteiger partial charge in [0.15, 0.2) is 5.75 Å². The molecule has 2 N–H and O–H groups in total. The summed E-state index contributed by atoms with van der Waals surface area (Å²) in [5.41, 5.74) is -0.342. The second-order valence-corrected chi connectivity index (χ2v) is 3.33. The van der Waals surface area contributed by atoms with Crippen LogP contribution in [-0.4, -0.2) is 53.6 Å². The predicted octanol–water partition coefficient (Wildman–Crippen LogP) is -0.0821. The van der Waals surface area contributed by atoms with Crippen molar-refractivity contribution in [1.82, 2.24) is 0 Å². The number of carbonyl (C=O) groups is 1. The third kappa shape index (κ3) is 4.63. The first-order valence-corrected chi connectivity index (χ1v) is 4.76. The van der Waals surface area contributed by atoms with E-state index in [1.165, 1.54) is 12.1 Å². The molecule has 0 fully saturated rings. The summed E-state index contributed by atoms with van der Waals surface area (Å²) >= 11 is 0. The second-order valence-electron chi connectivity index (χ2n) is 2.31. The van der Waals surface area contributed by atoms with Crippen LogP contribution in [-0.2, 0) is 10.4 Å². The fourth-order valence-corrected chi connectivity index (χ4v) is 1.20. The van der Waals surface area contributed by atoms with Gasteiger partial charge in [-0.05, 0) is 12.1 Å². The Balaban J connectivity index is 0.00000196. The molecule has 78 valence electrons. The number of rotatable bonds is 3. The quantitative estimate of drug-likeness (QED) is 0.567. The Morgan fingerprint density at radius 1 is 1.27 bits per heavy atom. The summed E-state index contributed by atoms with van der Waals surface area (Å²) in [6.07, 6.45) is 0. The van der Waals surface area contributed by atoms with Crippen molar-refractivity contribution in [3.63, 3.8) is 0 Å². The number of carboxylic acid groups (broad SMARTS) is 1. The van der Waals surface area contributed by atoms with Gasteiger partial charge in [0, 0.05) is 0 Å². The Labute approximate surface area is 108 Å². The molecule has 0 saturated carbocycles. The van der Waals surface area contributed by atoms with Gasteiger partial charge in [0.05, 0.1) is 0 Å². The van der Waals surface area contributed by atoms with E-state index in [0.29, 0.717) is 0 Å². The Hall–Kier alpha value is -0.600. The molecule has 8 heteroatoms. The monoisotopic (exact) mass is 242 g/mol. The molecule has 0 aliphatic rings. The van der Waals surface area contributed by atoms with Crippen molar-refractivity contribution >= 4 is 45.9 Å². The van der Waals surface area contributed by atoms with E-state index in [-0.39, 0.29) is 35.1 Å². The molecule has 0 aromatic heterocycles. The van der Waals surface area contributed by atoms with Crippen molar-refractivity contribution in [2.75, 3.05) is 0 Å². The number of carboxylic acids is 1. The van der Waals surface area contributed by atoms with Gasteiger partial charge >= 0.3 is 45.9 Å². The van der Waals surface area contributed by atoms with Crippen LogP contribution in [0.25, 0.3) is 0 Å². The van der Waals surface area contributed by atoms with Crippen LogP contribution >= 0.6 is 0 Å². The Morgan fingerprint density at radius 3 is 2.27 bits per heavy atom. The average Bonchev–Trinajstić information content (AvgIpc) is 2.01. The summed E-state index contributed by atoms with van der Waals surface area (Å²) in [6.45, 7) is 0. The SMILES string of the molecule is O=C(O)c1ccccc1OS(=O)(=O)O.[NaH]. The zero-order chi connectivity index (χ0) is 10.8. The molecule has 0 bridgehead atoms. The van der Waals surface area contributed by atoms with Crippen LogP contribution in [0, 0.1) is 0 Å². The van der Waals surface area contributed by atoms with Gasteiger partial charge in [0.2, 0.25) is 0 Å². The van der Waals surface area contributed by atoms with Crippen molar-refractivity contribution < 1.29 is 27.1 Å². The first-order valence-electron chi connectivity index (χ1n) is 3.39. The van der Waals surface area contributed by atoms with E-state index in [0.717, 1.165) is 12.1 Å². The summed E-state index contributed by atoms with van der Waals surface area (Å²) in [4.78, 5) is 10.6. The van der Waals surface area contributed by atoms with Crippen LogP contribution in [0.1, 0.15) is 10.4 Å². The van der Waals surface area contributed by atoms with Crippen LogP contribution in [0.15, 0.2) is 24.3 Å². The molecule has 0 unspecified atom stereocenters. The zero-order valence-corrected chi connectivity index (χ0v) is 7.56. The normalized spacial score (nSPS) is 10.2. The zero-order valence-electron chi connectivity index (χ0n) is 6.75. The van der Waals surface area contributed by atoms with E-state index < -0.39 is 22.1 Å². The van der Waals surface area contributed by atoms with Gasteiger partial charge in [-0.2, -0.15) is 8.42 Å². The molecule has 0 atom stereocenters. The first-order chi connectivity index (χ1) is 6.40. The number of aromatic carboxylic acids is 1. The molecule has 0 aliphatic carbocycles. The summed E-state index contributed by atoms with van der Waals surface area (Å²) < 4.78 is 33.0. The van der Waals surface area contributed by atoms with E-state index in [2.05, 4.69) is 4.18 Å². The van der Waals surface area contributed by atoms with Gasteiger partial charge in [-0.15, -0.1) is 0 Å². The molecule has 0 saturated heterocycles. The topological polar surface area (TPSA) is 101 Å². The van der Waals surface area contributed by atoms with Crippen LogP contribution in [0.3, 0.4) is 0 Å². The van der Waals surface area contributed by atoms with Crippen molar-refractivity contribution in [3.8, 4) is 5.75 Å². The van der Waals surface area contributed by atoms with Crippen molar-refractivity contribution in [1.29, 1.82) is 0 Å². The molecule has 0 spiro atoms. The fraction of sp³-hybridized carbons (Fsp3) is 0. The Kier molecular flexibility index (Phi) is 5.26. The van der Waals surface area contributed by atoms with Crippen LogP contribution in [0.4, 0.5) is 0 Å². The van der Waals surface area contributed by atoms with E-state index in [9.17, 15) is 13.2 Å². The molecule has 15 heavy (non-hydrogen) atoms. The van der Waals surface area contributed by atoms with Crippen molar-refractivity contribution in [3.05, 3.63) is 29.8 Å². The molecule has 0 radical (unpaired) electrons. The van der Waals surface area contributed by atoms with Gasteiger partial charge in [0.25, 0.3) is 0 Å². The molecule has 6 nitrogen and oxygen atoms in total. The maximum absolute atomic E-state index is 10.6.